The number of ether oxygens (including phenoxy) is 1. The van der Waals surface area contributed by atoms with Crippen molar-refractivity contribution in [1.82, 2.24) is 4.98 Å². The molecule has 2 aromatic rings. The molecule has 0 fully saturated rings. The Morgan fingerprint density at radius 3 is 2.65 bits per heavy atom. The van der Waals surface area contributed by atoms with Crippen LogP contribution in [-0.4, -0.2) is 18.1 Å². The molecule has 0 bridgehead atoms. The molecule has 1 N–H and O–H groups in total. The van der Waals surface area contributed by atoms with Crippen LogP contribution in [-0.2, 0) is 0 Å². The summed E-state index contributed by atoms with van der Waals surface area (Å²) in [6, 6.07) is 9.83. The lowest BCUT2D eigenvalue weighted by Crippen LogP contribution is -2.11. The van der Waals surface area contributed by atoms with E-state index in [0.717, 1.165) is 23.1 Å². The molecule has 1 aromatic heterocycles. The van der Waals surface area contributed by atoms with Gasteiger partial charge in [0, 0.05) is 4.88 Å². The van der Waals surface area contributed by atoms with Crippen LogP contribution in [0.5, 0.6) is 5.75 Å². The van der Waals surface area contributed by atoms with Crippen molar-refractivity contribution in [2.75, 3.05) is 18.5 Å². The number of nitrogens with one attached hydrogen (secondary N) is 1. The quantitative estimate of drug-likeness (QED) is 0.825. The first-order valence-electron chi connectivity index (χ1n) is 5.61. The number of benzene rings is 1. The molecule has 0 amide bonds. The molecule has 0 radical (unpaired) electrons. The van der Waals surface area contributed by atoms with Crippen LogP contribution in [0.15, 0.2) is 30.3 Å². The van der Waals surface area contributed by atoms with Gasteiger partial charge < -0.3 is 10.1 Å². The second kappa shape index (κ2) is 5.68. The lowest BCUT2D eigenvalue weighted by Gasteiger charge is -2.06. The summed E-state index contributed by atoms with van der Waals surface area (Å²) in [5.74, 6) is 0.904. The van der Waals surface area contributed by atoms with Gasteiger partial charge in [0.2, 0.25) is 0 Å². The van der Waals surface area contributed by atoms with Crippen molar-refractivity contribution in [2.45, 2.75) is 13.8 Å². The zero-order valence-electron chi connectivity index (χ0n) is 10.1. The lowest BCUT2D eigenvalue weighted by atomic mass is 10.3. The van der Waals surface area contributed by atoms with Gasteiger partial charge in [-0.15, -0.1) is 11.3 Å². The number of anilines is 1. The maximum absolute atomic E-state index is 5.58. The van der Waals surface area contributed by atoms with E-state index in [9.17, 15) is 0 Å². The van der Waals surface area contributed by atoms with E-state index in [1.54, 1.807) is 11.3 Å². The molecular formula is C13H16N2OS. The van der Waals surface area contributed by atoms with Gasteiger partial charge in [0.15, 0.2) is 5.13 Å². The minimum atomic E-state index is 0.641. The molecule has 0 saturated heterocycles. The third-order valence-corrected chi connectivity index (χ3v) is 3.45. The van der Waals surface area contributed by atoms with Crippen LogP contribution in [0.1, 0.15) is 10.6 Å². The van der Waals surface area contributed by atoms with Gasteiger partial charge in [-0.3, -0.25) is 0 Å². The van der Waals surface area contributed by atoms with Crippen molar-refractivity contribution >= 4 is 16.5 Å². The van der Waals surface area contributed by atoms with Crippen molar-refractivity contribution in [3.05, 3.63) is 40.9 Å². The molecule has 1 aromatic carbocycles. The van der Waals surface area contributed by atoms with E-state index in [1.807, 2.05) is 37.3 Å². The Hall–Kier alpha value is -1.55. The van der Waals surface area contributed by atoms with E-state index in [2.05, 4.69) is 17.2 Å². The van der Waals surface area contributed by atoms with E-state index in [-0.39, 0.29) is 0 Å². The van der Waals surface area contributed by atoms with E-state index < -0.39 is 0 Å². The van der Waals surface area contributed by atoms with Gasteiger partial charge in [-0.1, -0.05) is 18.2 Å². The Labute approximate surface area is 105 Å². The maximum Gasteiger partial charge on any atom is 0.183 e. The highest BCUT2D eigenvalue weighted by Gasteiger charge is 2.02. The van der Waals surface area contributed by atoms with Crippen LogP contribution in [0.25, 0.3) is 0 Å². The minimum Gasteiger partial charge on any atom is -0.492 e. The summed E-state index contributed by atoms with van der Waals surface area (Å²) in [5, 5.41) is 4.23. The number of nitrogens with zero attached hydrogens (tertiary/aromatic N) is 1. The number of aryl methyl sites for hydroxylation is 2. The lowest BCUT2D eigenvalue weighted by molar-refractivity contribution is 0.333. The number of aromatic nitrogens is 1. The number of thiazole rings is 1. The zero-order chi connectivity index (χ0) is 12.1. The fourth-order valence-electron chi connectivity index (χ4n) is 1.39. The van der Waals surface area contributed by atoms with Crippen LogP contribution in [0.3, 0.4) is 0 Å². The van der Waals surface area contributed by atoms with Crippen LogP contribution >= 0.6 is 11.3 Å². The van der Waals surface area contributed by atoms with Crippen molar-refractivity contribution in [1.29, 1.82) is 0 Å². The highest BCUT2D eigenvalue weighted by Crippen LogP contribution is 2.20. The molecule has 3 nitrogen and oxygen atoms in total. The first-order valence-corrected chi connectivity index (χ1v) is 6.43. The Morgan fingerprint density at radius 1 is 1.24 bits per heavy atom. The molecule has 0 spiro atoms. The Morgan fingerprint density at radius 2 is 2.00 bits per heavy atom. The summed E-state index contributed by atoms with van der Waals surface area (Å²) in [6.45, 7) is 5.51. The SMILES string of the molecule is Cc1nc(NCCOc2ccccc2)sc1C. The predicted octanol–water partition coefficient (Wildman–Crippen LogP) is 3.25. The molecular weight excluding hydrogens is 232 g/mol. The van der Waals surface area contributed by atoms with Gasteiger partial charge in [0.25, 0.3) is 0 Å². The summed E-state index contributed by atoms with van der Waals surface area (Å²) in [6.07, 6.45) is 0. The fraction of sp³-hybridized carbons (Fsp3) is 0.308. The first kappa shape index (κ1) is 11.9. The molecule has 17 heavy (non-hydrogen) atoms. The monoisotopic (exact) mass is 248 g/mol. The molecule has 2 rings (SSSR count). The van der Waals surface area contributed by atoms with Crippen LogP contribution < -0.4 is 10.1 Å². The van der Waals surface area contributed by atoms with Crippen LogP contribution in [0, 0.1) is 13.8 Å². The van der Waals surface area contributed by atoms with E-state index >= 15 is 0 Å². The number of hydrogen-bond donors (Lipinski definition) is 1. The molecule has 90 valence electrons. The van der Waals surface area contributed by atoms with Crippen molar-refractivity contribution in [3.8, 4) is 5.75 Å². The second-order valence-corrected chi connectivity index (χ2v) is 4.95. The third-order valence-electron chi connectivity index (χ3n) is 2.42. The Balaban J connectivity index is 1.73. The molecule has 0 aliphatic heterocycles. The molecule has 0 unspecified atom stereocenters. The Kier molecular flexibility index (Phi) is 3.98. The summed E-state index contributed by atoms with van der Waals surface area (Å²) >= 11 is 1.68. The molecule has 4 heteroatoms. The molecule has 0 aliphatic carbocycles. The number of para-hydroxylation sites is 1. The maximum atomic E-state index is 5.58. The minimum absolute atomic E-state index is 0.641. The smallest absolute Gasteiger partial charge is 0.183 e. The third kappa shape index (κ3) is 3.46. The first-order chi connectivity index (χ1) is 8.25. The van der Waals surface area contributed by atoms with Gasteiger partial charge in [-0.25, -0.2) is 4.98 Å². The normalized spacial score (nSPS) is 10.2. The Bertz CT molecular complexity index is 448. The largest absolute Gasteiger partial charge is 0.492 e. The molecule has 1 heterocycles. The van der Waals surface area contributed by atoms with Crippen molar-refractivity contribution in [3.63, 3.8) is 0 Å². The summed E-state index contributed by atoms with van der Waals surface area (Å²) < 4.78 is 5.58. The van der Waals surface area contributed by atoms with Gasteiger partial charge in [0.05, 0.1) is 12.2 Å². The number of hydrogen-bond acceptors (Lipinski definition) is 4. The zero-order valence-corrected chi connectivity index (χ0v) is 10.9. The van der Waals surface area contributed by atoms with Gasteiger partial charge in [-0.05, 0) is 26.0 Å². The molecule has 0 atom stereocenters. The van der Waals surface area contributed by atoms with E-state index in [0.29, 0.717) is 6.61 Å². The molecule has 0 aliphatic rings. The van der Waals surface area contributed by atoms with Gasteiger partial charge in [0.1, 0.15) is 12.4 Å². The topological polar surface area (TPSA) is 34.2 Å². The van der Waals surface area contributed by atoms with Crippen molar-refractivity contribution in [2.24, 2.45) is 0 Å². The summed E-state index contributed by atoms with van der Waals surface area (Å²) in [4.78, 5) is 5.67. The average Bonchev–Trinajstić information content (AvgIpc) is 2.66. The average molecular weight is 248 g/mol. The highest BCUT2D eigenvalue weighted by atomic mass is 32.1. The van der Waals surface area contributed by atoms with Crippen LogP contribution in [0.4, 0.5) is 5.13 Å². The standard InChI is InChI=1S/C13H16N2OS/c1-10-11(2)17-13(15-10)14-8-9-16-12-6-4-3-5-7-12/h3-7H,8-9H2,1-2H3,(H,14,15). The fourth-order valence-corrected chi connectivity index (χ4v) is 2.23. The van der Waals surface area contributed by atoms with Gasteiger partial charge in [-0.2, -0.15) is 0 Å². The van der Waals surface area contributed by atoms with Gasteiger partial charge >= 0.3 is 0 Å². The number of rotatable bonds is 5. The summed E-state index contributed by atoms with van der Waals surface area (Å²) in [5.41, 5.74) is 1.10. The van der Waals surface area contributed by atoms with Crippen molar-refractivity contribution < 1.29 is 4.74 Å². The van der Waals surface area contributed by atoms with E-state index in [4.69, 9.17) is 4.74 Å². The highest BCUT2D eigenvalue weighted by molar-refractivity contribution is 7.15. The summed E-state index contributed by atoms with van der Waals surface area (Å²) in [7, 11) is 0. The molecule has 0 saturated carbocycles. The predicted molar refractivity (Wildman–Crippen MR) is 72.0 cm³/mol. The second-order valence-electron chi connectivity index (χ2n) is 3.75. The van der Waals surface area contributed by atoms with Crippen LogP contribution in [0.2, 0.25) is 0 Å². The van der Waals surface area contributed by atoms with E-state index in [1.165, 1.54) is 4.88 Å².